The predicted molar refractivity (Wildman–Crippen MR) is 63.4 cm³/mol. The van der Waals surface area contributed by atoms with Gasteiger partial charge >= 0.3 is 0 Å². The second-order valence-electron chi connectivity index (χ2n) is 4.15. The van der Waals surface area contributed by atoms with Gasteiger partial charge in [0.1, 0.15) is 0 Å². The maximum Gasteiger partial charge on any atom is 0.273 e. The van der Waals surface area contributed by atoms with Crippen LogP contribution >= 0.6 is 0 Å². The number of primary amides is 1. The van der Waals surface area contributed by atoms with Crippen molar-refractivity contribution in [3.63, 3.8) is 0 Å². The van der Waals surface area contributed by atoms with Crippen LogP contribution in [0.1, 0.15) is 37.2 Å². The summed E-state index contributed by atoms with van der Waals surface area (Å²) in [6, 6.07) is 0.351. The highest BCUT2D eigenvalue weighted by Gasteiger charge is 2.24. The van der Waals surface area contributed by atoms with Gasteiger partial charge in [-0.3, -0.25) is 4.79 Å². The van der Waals surface area contributed by atoms with Gasteiger partial charge in [0.2, 0.25) is 0 Å². The summed E-state index contributed by atoms with van der Waals surface area (Å²) in [6.45, 7) is 3.67. The van der Waals surface area contributed by atoms with E-state index in [0.29, 0.717) is 11.9 Å². The Bertz CT molecular complexity index is 476. The fourth-order valence-electron chi connectivity index (χ4n) is 1.25. The van der Waals surface area contributed by atoms with Crippen LogP contribution in [0.4, 0.5) is 11.8 Å². The van der Waals surface area contributed by atoms with Gasteiger partial charge in [-0.25, -0.2) is 4.99 Å². The monoisotopic (exact) mass is 234 g/mol. The van der Waals surface area contributed by atoms with E-state index in [1.54, 1.807) is 0 Å². The third-order valence-electron chi connectivity index (χ3n) is 2.15. The number of anilines is 1. The van der Waals surface area contributed by atoms with Crippen LogP contribution in [0.25, 0.3) is 0 Å². The summed E-state index contributed by atoms with van der Waals surface area (Å²) in [5.41, 5.74) is 6.08. The number of amides is 1. The number of nitrogens with two attached hydrogens (primary N) is 1. The van der Waals surface area contributed by atoms with Crippen molar-refractivity contribution in [3.8, 4) is 0 Å². The zero-order valence-corrected chi connectivity index (χ0v) is 9.77. The first-order valence-electron chi connectivity index (χ1n) is 5.39. The molecule has 2 rings (SSSR count). The molecule has 1 amide bonds. The molecular formula is C10H14N6O. The van der Waals surface area contributed by atoms with Crippen molar-refractivity contribution in [1.82, 2.24) is 15.2 Å². The number of hydrogen-bond acceptors (Lipinski definition) is 6. The lowest BCUT2D eigenvalue weighted by Crippen LogP contribution is -2.19. The number of aromatic nitrogens is 3. The molecule has 0 unspecified atom stereocenters. The van der Waals surface area contributed by atoms with Crippen molar-refractivity contribution in [2.45, 2.75) is 32.7 Å². The van der Waals surface area contributed by atoms with E-state index >= 15 is 0 Å². The lowest BCUT2D eigenvalue weighted by molar-refractivity contribution is 0.0995. The van der Waals surface area contributed by atoms with Crippen molar-refractivity contribution < 1.29 is 4.79 Å². The minimum atomic E-state index is -0.642. The van der Waals surface area contributed by atoms with Crippen LogP contribution in [0.15, 0.2) is 4.99 Å². The zero-order valence-electron chi connectivity index (χ0n) is 9.77. The third-order valence-corrected chi connectivity index (χ3v) is 2.15. The fraction of sp³-hybridized carbons (Fsp3) is 0.500. The molecule has 7 nitrogen and oxygen atoms in total. The summed E-state index contributed by atoms with van der Waals surface area (Å²) in [5, 5.41) is 10.6. The summed E-state index contributed by atoms with van der Waals surface area (Å²) < 4.78 is 0. The number of nitrogens with zero attached hydrogens (tertiary/aromatic N) is 4. The largest absolute Gasteiger partial charge is 0.365 e. The van der Waals surface area contributed by atoms with Gasteiger partial charge in [0.25, 0.3) is 11.9 Å². The molecule has 0 spiro atoms. The summed E-state index contributed by atoms with van der Waals surface area (Å²) in [4.78, 5) is 19.4. The Balaban J connectivity index is 2.34. The van der Waals surface area contributed by atoms with Gasteiger partial charge in [-0.15, -0.1) is 10.2 Å². The molecule has 17 heavy (non-hydrogen) atoms. The van der Waals surface area contributed by atoms with E-state index in [9.17, 15) is 4.79 Å². The summed E-state index contributed by atoms with van der Waals surface area (Å²) in [7, 11) is 0. The zero-order chi connectivity index (χ0) is 12.4. The summed E-state index contributed by atoms with van der Waals surface area (Å²) in [5.74, 6) is -0.0370. The highest BCUT2D eigenvalue weighted by atomic mass is 16.1. The topological polar surface area (TPSA) is 106 Å². The molecule has 1 aromatic heterocycles. The van der Waals surface area contributed by atoms with Crippen molar-refractivity contribution >= 4 is 23.4 Å². The molecule has 1 aliphatic rings. The quantitative estimate of drug-likeness (QED) is 0.744. The lowest BCUT2D eigenvalue weighted by Gasteiger charge is -2.06. The van der Waals surface area contributed by atoms with Crippen LogP contribution in [-0.2, 0) is 0 Å². The minimum absolute atomic E-state index is 0.0598. The van der Waals surface area contributed by atoms with Crippen molar-refractivity contribution in [2.75, 3.05) is 5.32 Å². The average Bonchev–Trinajstić information content (AvgIpc) is 3.00. The molecule has 7 heteroatoms. The van der Waals surface area contributed by atoms with Crippen molar-refractivity contribution in [3.05, 3.63) is 5.69 Å². The Kier molecular flexibility index (Phi) is 2.99. The van der Waals surface area contributed by atoms with Gasteiger partial charge in [0, 0.05) is 11.8 Å². The maximum atomic E-state index is 11.2. The van der Waals surface area contributed by atoms with Crippen molar-refractivity contribution in [1.29, 1.82) is 0 Å². The van der Waals surface area contributed by atoms with Crippen LogP contribution in [0.2, 0.25) is 0 Å². The van der Waals surface area contributed by atoms with Crippen LogP contribution < -0.4 is 11.1 Å². The van der Waals surface area contributed by atoms with Gasteiger partial charge in [-0.2, -0.15) is 4.98 Å². The van der Waals surface area contributed by atoms with E-state index in [1.807, 2.05) is 13.8 Å². The van der Waals surface area contributed by atoms with Crippen LogP contribution in [0.5, 0.6) is 0 Å². The molecule has 1 aliphatic carbocycles. The van der Waals surface area contributed by atoms with E-state index in [2.05, 4.69) is 25.5 Å². The number of carbonyl (C=O) groups is 1. The molecule has 1 saturated carbocycles. The predicted octanol–water partition coefficient (Wildman–Crippen LogP) is 0.657. The maximum absolute atomic E-state index is 11.2. The van der Waals surface area contributed by atoms with Crippen LogP contribution in [0.3, 0.4) is 0 Å². The number of carbonyl (C=O) groups excluding carboxylic acids is 1. The fourth-order valence-corrected chi connectivity index (χ4v) is 1.25. The normalized spacial score (nSPS) is 14.2. The Morgan fingerprint density at radius 3 is 2.65 bits per heavy atom. The molecule has 90 valence electrons. The molecule has 0 atom stereocenters. The molecule has 0 aromatic carbocycles. The Morgan fingerprint density at radius 2 is 2.12 bits per heavy atom. The highest BCUT2D eigenvalue weighted by Crippen LogP contribution is 2.25. The van der Waals surface area contributed by atoms with Gasteiger partial charge < -0.3 is 11.1 Å². The molecule has 0 aliphatic heterocycles. The second-order valence-corrected chi connectivity index (χ2v) is 4.15. The van der Waals surface area contributed by atoms with Gasteiger partial charge in [-0.1, -0.05) is 0 Å². The standard InChI is InChI=1S/C10H14N6O/c1-5(2)12-10-14-9(13-6-3-4-6)7(8(11)17)15-16-10/h6H,3-4H2,1-2H3,(H2,11,17)(H,13,14,16). The van der Waals surface area contributed by atoms with Crippen LogP contribution in [-0.4, -0.2) is 32.8 Å². The Labute approximate surface area is 98.6 Å². The van der Waals surface area contributed by atoms with E-state index in [-0.39, 0.29) is 11.6 Å². The molecule has 1 aromatic rings. The molecule has 3 N–H and O–H groups in total. The number of nitrogens with one attached hydrogen (secondary N) is 1. The van der Waals surface area contributed by atoms with E-state index in [4.69, 9.17) is 5.73 Å². The molecule has 0 radical (unpaired) electrons. The Morgan fingerprint density at radius 1 is 1.41 bits per heavy atom. The highest BCUT2D eigenvalue weighted by molar-refractivity contribution is 5.95. The molecule has 0 saturated heterocycles. The molecule has 1 heterocycles. The van der Waals surface area contributed by atoms with Gasteiger partial charge in [-0.05, 0) is 26.7 Å². The van der Waals surface area contributed by atoms with Crippen LogP contribution in [0, 0.1) is 0 Å². The van der Waals surface area contributed by atoms with Gasteiger partial charge in [0.15, 0.2) is 11.5 Å². The first-order valence-corrected chi connectivity index (χ1v) is 5.39. The second kappa shape index (κ2) is 4.44. The summed E-state index contributed by atoms with van der Waals surface area (Å²) >= 11 is 0. The first-order chi connectivity index (χ1) is 8.06. The average molecular weight is 234 g/mol. The van der Waals surface area contributed by atoms with E-state index < -0.39 is 5.91 Å². The van der Waals surface area contributed by atoms with Gasteiger partial charge in [0.05, 0.1) is 0 Å². The summed E-state index contributed by atoms with van der Waals surface area (Å²) in [6.07, 6.45) is 2.13. The SMILES string of the molecule is CC(C)=Nc1nnc(C(N)=O)c(NC2CC2)n1. The first kappa shape index (κ1) is 11.4. The molecule has 1 fully saturated rings. The molecular weight excluding hydrogens is 220 g/mol. The number of hydrogen-bond donors (Lipinski definition) is 2. The molecule has 0 bridgehead atoms. The smallest absolute Gasteiger partial charge is 0.273 e. The Hall–Kier alpha value is -2.05. The van der Waals surface area contributed by atoms with Crippen molar-refractivity contribution in [2.24, 2.45) is 10.7 Å². The third kappa shape index (κ3) is 2.96. The minimum Gasteiger partial charge on any atom is -0.365 e. The number of aliphatic imine (C=N–C) groups is 1. The van der Waals surface area contributed by atoms with E-state index in [0.717, 1.165) is 18.6 Å². The lowest BCUT2D eigenvalue weighted by atomic mass is 10.4. The number of rotatable bonds is 4. The van der Waals surface area contributed by atoms with E-state index in [1.165, 1.54) is 0 Å².